The van der Waals surface area contributed by atoms with Crippen molar-refractivity contribution in [3.05, 3.63) is 57.7 Å². The van der Waals surface area contributed by atoms with Gasteiger partial charge in [-0.2, -0.15) is 4.98 Å². The Morgan fingerprint density at radius 1 is 1.03 bits per heavy atom. The normalized spacial score (nSPS) is 16.8. The molecule has 180 valence electrons. The van der Waals surface area contributed by atoms with E-state index >= 15 is 0 Å². The van der Waals surface area contributed by atoms with E-state index in [0.717, 1.165) is 50.8 Å². The van der Waals surface area contributed by atoms with Gasteiger partial charge in [0.05, 0.1) is 17.1 Å². The number of piperazine rings is 1. The molecule has 1 aromatic carbocycles. The number of hydrogen-bond acceptors (Lipinski definition) is 8. The van der Waals surface area contributed by atoms with Crippen LogP contribution in [0.25, 0.3) is 21.6 Å². The molecule has 35 heavy (non-hydrogen) atoms. The fourth-order valence-electron chi connectivity index (χ4n) is 4.67. The Morgan fingerprint density at radius 2 is 1.77 bits per heavy atom. The highest BCUT2D eigenvalue weighted by molar-refractivity contribution is 7.20. The quantitative estimate of drug-likeness (QED) is 0.409. The van der Waals surface area contributed by atoms with Gasteiger partial charge in [-0.05, 0) is 39.2 Å². The van der Waals surface area contributed by atoms with Crippen molar-refractivity contribution in [1.29, 1.82) is 0 Å². The first-order valence-corrected chi connectivity index (χ1v) is 13.0. The van der Waals surface area contributed by atoms with E-state index in [1.54, 1.807) is 0 Å². The number of carbonyl (C=O) groups excluding carboxylic acids is 1. The predicted molar refractivity (Wildman–Crippen MR) is 135 cm³/mol. The summed E-state index contributed by atoms with van der Waals surface area (Å²) in [6.07, 6.45) is 2.34. The van der Waals surface area contributed by atoms with Crippen molar-refractivity contribution in [3.63, 3.8) is 0 Å². The molecule has 0 atom stereocenters. The Balaban J connectivity index is 1.11. The van der Waals surface area contributed by atoms with E-state index in [4.69, 9.17) is 14.5 Å². The second-order valence-corrected chi connectivity index (χ2v) is 10.6. The second-order valence-electron chi connectivity index (χ2n) is 9.62. The smallest absolute Gasteiger partial charge is 0.264 e. The lowest BCUT2D eigenvalue weighted by atomic mass is 10.1. The Kier molecular flexibility index (Phi) is 5.61. The van der Waals surface area contributed by atoms with E-state index in [0.29, 0.717) is 37.3 Å². The molecule has 9 heteroatoms. The van der Waals surface area contributed by atoms with Gasteiger partial charge in [-0.25, -0.2) is 9.97 Å². The number of benzene rings is 1. The fraction of sp³-hybridized carbons (Fsp3) is 0.423. The van der Waals surface area contributed by atoms with Crippen LogP contribution in [0.1, 0.15) is 57.0 Å². The Hall–Kier alpha value is -3.17. The summed E-state index contributed by atoms with van der Waals surface area (Å²) in [4.78, 5) is 33.4. The molecule has 1 amide bonds. The summed E-state index contributed by atoms with van der Waals surface area (Å²) in [5.41, 5.74) is 4.14. The van der Waals surface area contributed by atoms with Crippen LogP contribution in [0.4, 0.5) is 0 Å². The molecule has 0 radical (unpaired) electrons. The van der Waals surface area contributed by atoms with Crippen LogP contribution in [-0.4, -0.2) is 62.0 Å². The van der Waals surface area contributed by atoms with Crippen LogP contribution in [0.2, 0.25) is 0 Å². The number of aryl methyl sites for hydroxylation is 3. The fourth-order valence-corrected chi connectivity index (χ4v) is 5.88. The number of hydrogen-bond donors (Lipinski definition) is 0. The van der Waals surface area contributed by atoms with Crippen molar-refractivity contribution in [3.8, 4) is 11.4 Å². The molecule has 2 aliphatic rings. The van der Waals surface area contributed by atoms with Crippen LogP contribution in [0.15, 0.2) is 28.8 Å². The maximum absolute atomic E-state index is 13.4. The number of amides is 1. The molecule has 1 aliphatic carbocycles. The third kappa shape index (κ3) is 4.34. The molecule has 4 aromatic rings. The van der Waals surface area contributed by atoms with Gasteiger partial charge in [0.2, 0.25) is 11.7 Å². The van der Waals surface area contributed by atoms with Crippen LogP contribution in [0.5, 0.6) is 0 Å². The van der Waals surface area contributed by atoms with Crippen molar-refractivity contribution in [1.82, 2.24) is 29.9 Å². The van der Waals surface area contributed by atoms with Gasteiger partial charge in [-0.1, -0.05) is 35.0 Å². The minimum absolute atomic E-state index is 0.0944. The van der Waals surface area contributed by atoms with Crippen LogP contribution >= 0.6 is 11.3 Å². The van der Waals surface area contributed by atoms with Gasteiger partial charge in [0.15, 0.2) is 0 Å². The van der Waals surface area contributed by atoms with Crippen molar-refractivity contribution in [2.24, 2.45) is 0 Å². The standard InChI is InChI=1S/C26H28N6O2S/c1-15-4-6-19(7-5-15)24-28-20(34-30-24)14-31-10-12-32(13-11-31)26(33)22-16(2)21-17(3)27-23(18-8-9-18)29-25(21)35-22/h4-7,18H,8-14H2,1-3H3. The number of rotatable bonds is 5. The lowest BCUT2D eigenvalue weighted by molar-refractivity contribution is 0.0619. The van der Waals surface area contributed by atoms with E-state index < -0.39 is 0 Å². The Morgan fingerprint density at radius 3 is 2.49 bits per heavy atom. The van der Waals surface area contributed by atoms with Gasteiger partial charge < -0.3 is 9.42 Å². The Bertz CT molecular complexity index is 1400. The van der Waals surface area contributed by atoms with E-state index in [-0.39, 0.29) is 5.91 Å². The van der Waals surface area contributed by atoms with Gasteiger partial charge in [0.25, 0.3) is 5.91 Å². The van der Waals surface area contributed by atoms with Crippen molar-refractivity contribution < 1.29 is 9.32 Å². The highest BCUT2D eigenvalue weighted by Crippen LogP contribution is 2.40. The molecule has 1 aliphatic heterocycles. The number of nitrogens with zero attached hydrogens (tertiary/aromatic N) is 6. The molecule has 6 rings (SSSR count). The second kappa shape index (κ2) is 8.80. The van der Waals surface area contributed by atoms with E-state index in [1.165, 1.54) is 29.7 Å². The monoisotopic (exact) mass is 488 g/mol. The van der Waals surface area contributed by atoms with Crippen LogP contribution < -0.4 is 0 Å². The van der Waals surface area contributed by atoms with Gasteiger partial charge in [-0.3, -0.25) is 9.69 Å². The van der Waals surface area contributed by atoms with Crippen LogP contribution in [-0.2, 0) is 6.54 Å². The summed E-state index contributed by atoms with van der Waals surface area (Å²) >= 11 is 1.51. The Labute approximate surface area is 208 Å². The van der Waals surface area contributed by atoms with Crippen molar-refractivity contribution in [2.75, 3.05) is 26.2 Å². The lowest BCUT2D eigenvalue weighted by Crippen LogP contribution is -2.48. The predicted octanol–water partition coefficient (Wildman–Crippen LogP) is 4.50. The molecular weight excluding hydrogens is 460 g/mol. The first-order valence-electron chi connectivity index (χ1n) is 12.1. The summed E-state index contributed by atoms with van der Waals surface area (Å²) < 4.78 is 5.49. The first kappa shape index (κ1) is 22.3. The highest BCUT2D eigenvalue weighted by Gasteiger charge is 2.30. The molecule has 0 bridgehead atoms. The van der Waals surface area contributed by atoms with Crippen LogP contribution in [0, 0.1) is 20.8 Å². The van der Waals surface area contributed by atoms with Crippen LogP contribution in [0.3, 0.4) is 0 Å². The molecule has 0 N–H and O–H groups in total. The highest BCUT2D eigenvalue weighted by atomic mass is 32.1. The number of aromatic nitrogens is 4. The van der Waals surface area contributed by atoms with E-state index in [2.05, 4.69) is 22.0 Å². The van der Waals surface area contributed by atoms with Gasteiger partial charge in [0.1, 0.15) is 10.7 Å². The lowest BCUT2D eigenvalue weighted by Gasteiger charge is -2.33. The molecule has 2 fully saturated rings. The zero-order valence-electron chi connectivity index (χ0n) is 20.2. The van der Waals surface area contributed by atoms with Gasteiger partial charge >= 0.3 is 0 Å². The number of fused-ring (bicyclic) bond motifs is 1. The average Bonchev–Trinajstić information content (AvgIpc) is 3.52. The van der Waals surface area contributed by atoms with Gasteiger partial charge in [-0.15, -0.1) is 11.3 Å². The summed E-state index contributed by atoms with van der Waals surface area (Å²) in [5.74, 6) is 2.74. The minimum Gasteiger partial charge on any atom is -0.338 e. The first-order chi connectivity index (χ1) is 17.0. The summed E-state index contributed by atoms with van der Waals surface area (Å²) in [7, 11) is 0. The maximum Gasteiger partial charge on any atom is 0.264 e. The minimum atomic E-state index is 0.0944. The summed E-state index contributed by atoms with van der Waals surface area (Å²) in [6.45, 7) is 9.57. The molecule has 1 saturated carbocycles. The van der Waals surface area contributed by atoms with Gasteiger partial charge in [0, 0.05) is 43.0 Å². The molecule has 3 aromatic heterocycles. The summed E-state index contributed by atoms with van der Waals surface area (Å²) in [5, 5.41) is 5.18. The largest absolute Gasteiger partial charge is 0.338 e. The molecule has 0 unspecified atom stereocenters. The third-order valence-corrected chi connectivity index (χ3v) is 8.10. The van der Waals surface area contributed by atoms with E-state index in [9.17, 15) is 4.79 Å². The zero-order valence-corrected chi connectivity index (χ0v) is 21.1. The molecule has 4 heterocycles. The molecular formula is C26H28N6O2S. The molecule has 8 nitrogen and oxygen atoms in total. The molecule has 0 spiro atoms. The maximum atomic E-state index is 13.4. The van der Waals surface area contributed by atoms with E-state index in [1.807, 2.05) is 43.0 Å². The molecule has 1 saturated heterocycles. The summed E-state index contributed by atoms with van der Waals surface area (Å²) in [6, 6.07) is 8.09. The van der Waals surface area contributed by atoms with Crippen molar-refractivity contribution >= 4 is 27.5 Å². The SMILES string of the molecule is Cc1ccc(-c2noc(CN3CCN(C(=O)c4sc5nc(C6CC6)nc(C)c5c4C)CC3)n2)cc1. The number of thiophene rings is 1. The number of carbonyl (C=O) groups is 1. The topological polar surface area (TPSA) is 88.3 Å². The third-order valence-electron chi connectivity index (χ3n) is 6.92. The zero-order chi connectivity index (χ0) is 24.1. The average molecular weight is 489 g/mol. The van der Waals surface area contributed by atoms with Crippen molar-refractivity contribution in [2.45, 2.75) is 46.1 Å².